The van der Waals surface area contributed by atoms with Gasteiger partial charge in [0.2, 0.25) is 5.91 Å². The highest BCUT2D eigenvalue weighted by Crippen LogP contribution is 2.20. The van der Waals surface area contributed by atoms with Gasteiger partial charge in [0.05, 0.1) is 6.42 Å². The molecule has 2 amide bonds. The van der Waals surface area contributed by atoms with Gasteiger partial charge in [-0.25, -0.2) is 9.97 Å². The first-order valence-corrected chi connectivity index (χ1v) is 9.04. The number of nitrogens with zero attached hydrogens (tertiary/aromatic N) is 2. The molecule has 2 aromatic carbocycles. The third kappa shape index (κ3) is 6.09. The third-order valence-electron chi connectivity index (χ3n) is 3.85. The Kier molecular flexibility index (Phi) is 6.98. The van der Waals surface area contributed by atoms with E-state index in [2.05, 4.69) is 31.7 Å². The number of nitrogens with one attached hydrogen (secondary N) is 4. The lowest BCUT2D eigenvalue weighted by Crippen LogP contribution is -2.35. The molecule has 10 nitrogen and oxygen atoms in total. The number of hydrogen-bond donors (Lipinski definition) is 5. The zero-order chi connectivity index (χ0) is 21.2. The van der Waals surface area contributed by atoms with Gasteiger partial charge in [0, 0.05) is 0 Å². The fourth-order valence-corrected chi connectivity index (χ4v) is 2.38. The lowest BCUT2D eigenvalue weighted by atomic mass is 10.1. The fourth-order valence-electron chi connectivity index (χ4n) is 2.38. The van der Waals surface area contributed by atoms with Crippen LogP contribution >= 0.6 is 0 Å². The van der Waals surface area contributed by atoms with Crippen molar-refractivity contribution in [3.05, 3.63) is 72.6 Å². The second-order valence-corrected chi connectivity index (χ2v) is 6.10. The number of amides is 2. The zero-order valence-corrected chi connectivity index (χ0v) is 16.0. The number of para-hydroxylation sites is 1. The molecule has 0 saturated heterocycles. The molecule has 3 rings (SSSR count). The van der Waals surface area contributed by atoms with Crippen molar-refractivity contribution in [2.75, 3.05) is 23.2 Å². The van der Waals surface area contributed by atoms with Crippen LogP contribution in [0.25, 0.3) is 0 Å². The van der Waals surface area contributed by atoms with Crippen LogP contribution in [0.15, 0.2) is 67.0 Å². The number of carbonyl (C=O) groups excluding carboxylic acids is 2. The van der Waals surface area contributed by atoms with E-state index in [0.29, 0.717) is 5.75 Å². The summed E-state index contributed by atoms with van der Waals surface area (Å²) in [6.07, 6.45) is 1.43. The normalized spacial score (nSPS) is 10.0. The number of anilines is 3. The Morgan fingerprint density at radius 2 is 1.40 bits per heavy atom. The van der Waals surface area contributed by atoms with Crippen molar-refractivity contribution in [2.24, 2.45) is 0 Å². The number of benzene rings is 2. The standard InChI is InChI=1S/C20H21N7O3/c21-18-19(26-24-16(28)11-14-7-3-1-4-8-14)22-13-23-20(18)27-25-17(29)12-30-15-9-5-2-6-10-15/h1-10,13H,11-12,21H2,(H,24,28)(H,25,29)(H2,22,23,26,27). The Bertz CT molecular complexity index is 984. The molecule has 0 aliphatic carbocycles. The summed E-state index contributed by atoms with van der Waals surface area (Å²) in [6, 6.07) is 18.2. The van der Waals surface area contributed by atoms with Crippen LogP contribution < -0.4 is 32.2 Å². The lowest BCUT2D eigenvalue weighted by Gasteiger charge is -2.14. The minimum Gasteiger partial charge on any atom is -0.484 e. The number of nitrogen functional groups attached to an aromatic ring is 1. The predicted molar refractivity (Wildman–Crippen MR) is 112 cm³/mol. The van der Waals surface area contributed by atoms with Crippen LogP contribution in [0.3, 0.4) is 0 Å². The molecule has 0 atom stereocenters. The van der Waals surface area contributed by atoms with Gasteiger partial charge in [-0.3, -0.25) is 31.3 Å². The highest BCUT2D eigenvalue weighted by atomic mass is 16.5. The molecule has 6 N–H and O–H groups in total. The van der Waals surface area contributed by atoms with E-state index in [1.54, 1.807) is 24.3 Å². The highest BCUT2D eigenvalue weighted by Gasteiger charge is 2.11. The molecule has 1 heterocycles. The van der Waals surface area contributed by atoms with Crippen LogP contribution in [0.1, 0.15) is 5.56 Å². The largest absolute Gasteiger partial charge is 0.484 e. The molecule has 0 fully saturated rings. The summed E-state index contributed by atoms with van der Waals surface area (Å²) >= 11 is 0. The van der Waals surface area contributed by atoms with E-state index in [9.17, 15) is 9.59 Å². The van der Waals surface area contributed by atoms with Crippen molar-refractivity contribution in [3.63, 3.8) is 0 Å². The predicted octanol–water partition coefficient (Wildman–Crippen LogP) is 1.27. The van der Waals surface area contributed by atoms with Gasteiger partial charge in [0.15, 0.2) is 18.2 Å². The van der Waals surface area contributed by atoms with E-state index in [4.69, 9.17) is 10.5 Å². The molecule has 10 heteroatoms. The average Bonchev–Trinajstić information content (AvgIpc) is 2.77. The summed E-state index contributed by atoms with van der Waals surface area (Å²) < 4.78 is 5.35. The fraction of sp³-hybridized carbons (Fsp3) is 0.100. The third-order valence-corrected chi connectivity index (χ3v) is 3.85. The van der Waals surface area contributed by atoms with Gasteiger partial charge < -0.3 is 10.5 Å². The summed E-state index contributed by atoms with van der Waals surface area (Å²) in [5, 5.41) is 0. The lowest BCUT2D eigenvalue weighted by molar-refractivity contribution is -0.122. The van der Waals surface area contributed by atoms with Crippen LogP contribution in [0, 0.1) is 0 Å². The average molecular weight is 407 g/mol. The molecule has 0 unspecified atom stereocenters. The topological polar surface area (TPSA) is 143 Å². The smallest absolute Gasteiger partial charge is 0.276 e. The zero-order valence-electron chi connectivity index (χ0n) is 16.0. The van der Waals surface area contributed by atoms with Crippen molar-refractivity contribution in [2.45, 2.75) is 6.42 Å². The molecular formula is C20H21N7O3. The molecule has 0 spiro atoms. The maximum atomic E-state index is 12.0. The van der Waals surface area contributed by atoms with Gasteiger partial charge in [0.1, 0.15) is 17.8 Å². The molecule has 30 heavy (non-hydrogen) atoms. The number of hydrogen-bond acceptors (Lipinski definition) is 8. The van der Waals surface area contributed by atoms with Gasteiger partial charge in [-0.2, -0.15) is 0 Å². The van der Waals surface area contributed by atoms with Gasteiger partial charge in [0.25, 0.3) is 5.91 Å². The number of hydrazine groups is 2. The van der Waals surface area contributed by atoms with E-state index in [-0.39, 0.29) is 36.3 Å². The van der Waals surface area contributed by atoms with Crippen molar-refractivity contribution in [3.8, 4) is 5.75 Å². The number of carbonyl (C=O) groups is 2. The number of nitrogens with two attached hydrogens (primary N) is 1. The number of aromatic nitrogens is 2. The SMILES string of the molecule is Nc1c(NNC(=O)COc2ccccc2)ncnc1NNC(=O)Cc1ccccc1. The molecular weight excluding hydrogens is 386 g/mol. The molecule has 0 saturated carbocycles. The number of ether oxygens (including phenoxy) is 1. The van der Waals surface area contributed by atoms with Crippen molar-refractivity contribution in [1.29, 1.82) is 0 Å². The van der Waals surface area contributed by atoms with Crippen molar-refractivity contribution < 1.29 is 14.3 Å². The Labute approximate surface area is 172 Å². The van der Waals surface area contributed by atoms with E-state index in [1.165, 1.54) is 6.33 Å². The van der Waals surface area contributed by atoms with Crippen molar-refractivity contribution >= 4 is 29.1 Å². The van der Waals surface area contributed by atoms with E-state index in [0.717, 1.165) is 5.56 Å². The Morgan fingerprint density at radius 1 is 0.833 bits per heavy atom. The first-order chi connectivity index (χ1) is 14.6. The highest BCUT2D eigenvalue weighted by molar-refractivity contribution is 5.83. The molecule has 154 valence electrons. The minimum absolute atomic E-state index is 0.113. The summed E-state index contributed by atoms with van der Waals surface area (Å²) in [5.74, 6) is 0.233. The van der Waals surface area contributed by atoms with Crippen LogP contribution in [0.2, 0.25) is 0 Å². The minimum atomic E-state index is -0.428. The van der Waals surface area contributed by atoms with Gasteiger partial charge in [-0.05, 0) is 17.7 Å². The van der Waals surface area contributed by atoms with Crippen LogP contribution in [0.5, 0.6) is 5.75 Å². The summed E-state index contributed by atoms with van der Waals surface area (Å²) in [4.78, 5) is 31.9. The van der Waals surface area contributed by atoms with Crippen LogP contribution in [0.4, 0.5) is 17.3 Å². The Balaban J connectivity index is 1.48. The van der Waals surface area contributed by atoms with Gasteiger partial charge in [-0.15, -0.1) is 0 Å². The molecule has 0 radical (unpaired) electrons. The van der Waals surface area contributed by atoms with Crippen LogP contribution in [-0.2, 0) is 16.0 Å². The van der Waals surface area contributed by atoms with Gasteiger partial charge >= 0.3 is 0 Å². The summed E-state index contributed by atoms with van der Waals surface area (Å²) in [5.41, 5.74) is 17.2. The molecule has 1 aromatic heterocycles. The number of rotatable bonds is 9. The quantitative estimate of drug-likeness (QED) is 0.334. The molecule has 3 aromatic rings. The molecule has 0 aliphatic rings. The van der Waals surface area contributed by atoms with Crippen LogP contribution in [-0.4, -0.2) is 28.4 Å². The van der Waals surface area contributed by atoms with Crippen molar-refractivity contribution in [1.82, 2.24) is 20.8 Å². The first kappa shape index (κ1) is 20.4. The summed E-state index contributed by atoms with van der Waals surface area (Å²) in [7, 11) is 0. The Morgan fingerprint density at radius 3 is 2.03 bits per heavy atom. The maximum absolute atomic E-state index is 12.0. The Hall–Kier alpha value is -4.34. The second kappa shape index (κ2) is 10.3. The molecule has 0 aliphatic heterocycles. The first-order valence-electron chi connectivity index (χ1n) is 9.04. The van der Waals surface area contributed by atoms with E-state index in [1.807, 2.05) is 36.4 Å². The monoisotopic (exact) mass is 407 g/mol. The van der Waals surface area contributed by atoms with E-state index >= 15 is 0 Å². The summed E-state index contributed by atoms with van der Waals surface area (Å²) in [6.45, 7) is -0.192. The van der Waals surface area contributed by atoms with Gasteiger partial charge in [-0.1, -0.05) is 48.5 Å². The maximum Gasteiger partial charge on any atom is 0.276 e. The van der Waals surface area contributed by atoms with E-state index < -0.39 is 5.91 Å². The second-order valence-electron chi connectivity index (χ2n) is 6.10. The molecule has 0 bridgehead atoms.